The number of hydrogen-bond donors (Lipinski definition) is 2. The van der Waals surface area contributed by atoms with Crippen molar-refractivity contribution in [3.63, 3.8) is 0 Å². The number of carbonyl (C=O) groups is 1. The van der Waals surface area contributed by atoms with E-state index in [4.69, 9.17) is 0 Å². The number of fused-ring (bicyclic) bond motifs is 1. The van der Waals surface area contributed by atoms with Gasteiger partial charge in [-0.25, -0.2) is 4.99 Å². The van der Waals surface area contributed by atoms with Gasteiger partial charge in [-0.05, 0) is 26.0 Å². The molecule has 6 heteroatoms. The molecular formula is C15H16N4O2. The van der Waals surface area contributed by atoms with Crippen molar-refractivity contribution in [1.82, 2.24) is 15.1 Å². The Balaban J connectivity index is 2.15. The van der Waals surface area contributed by atoms with E-state index in [1.165, 1.54) is 0 Å². The number of carbonyl (C=O) groups excluding carboxylic acids is 1. The molecule has 21 heavy (non-hydrogen) atoms. The summed E-state index contributed by atoms with van der Waals surface area (Å²) in [5, 5.41) is 16.8. The number of aryl methyl sites for hydroxylation is 2. The molecule has 2 aromatic rings. The lowest BCUT2D eigenvalue weighted by Gasteiger charge is -2.06. The quantitative estimate of drug-likeness (QED) is 0.882. The standard InChI is InChI=1S/C15H16N4O2/c1-3-19-14-13(9(2)18-19)17-12(8-16-15(14)21)10-5-4-6-11(20)7-10/h4-7,20H,3,8H2,1-2H3,(H,16,21). The molecule has 0 spiro atoms. The Labute approximate surface area is 122 Å². The van der Waals surface area contributed by atoms with Crippen LogP contribution in [0.25, 0.3) is 0 Å². The summed E-state index contributed by atoms with van der Waals surface area (Å²) in [6, 6.07) is 6.85. The minimum Gasteiger partial charge on any atom is -0.508 e. The van der Waals surface area contributed by atoms with Crippen LogP contribution in [-0.4, -0.2) is 33.1 Å². The van der Waals surface area contributed by atoms with Gasteiger partial charge in [0.05, 0.1) is 18.0 Å². The second-order valence-electron chi connectivity index (χ2n) is 4.89. The van der Waals surface area contributed by atoms with Crippen molar-refractivity contribution in [2.24, 2.45) is 4.99 Å². The second kappa shape index (κ2) is 5.05. The van der Waals surface area contributed by atoms with Crippen molar-refractivity contribution in [2.45, 2.75) is 20.4 Å². The summed E-state index contributed by atoms with van der Waals surface area (Å²) < 4.78 is 1.66. The number of amides is 1. The van der Waals surface area contributed by atoms with E-state index in [0.717, 1.165) is 11.3 Å². The molecule has 0 unspecified atom stereocenters. The van der Waals surface area contributed by atoms with Gasteiger partial charge in [0.1, 0.15) is 11.4 Å². The van der Waals surface area contributed by atoms with Gasteiger partial charge in [0.25, 0.3) is 5.91 Å². The molecule has 0 bridgehead atoms. The summed E-state index contributed by atoms with van der Waals surface area (Å²) in [6.07, 6.45) is 0. The summed E-state index contributed by atoms with van der Waals surface area (Å²) in [6.45, 7) is 4.71. The average Bonchev–Trinajstić information content (AvgIpc) is 2.67. The number of nitrogens with zero attached hydrogens (tertiary/aromatic N) is 3. The lowest BCUT2D eigenvalue weighted by Crippen LogP contribution is -2.29. The van der Waals surface area contributed by atoms with Gasteiger partial charge in [-0.15, -0.1) is 0 Å². The van der Waals surface area contributed by atoms with Gasteiger partial charge in [0.15, 0.2) is 5.69 Å². The SMILES string of the molecule is CCn1nc(C)c2c1C(=O)NCC(c1cccc(O)c1)=N2. The molecule has 108 valence electrons. The van der Waals surface area contributed by atoms with E-state index in [0.29, 0.717) is 30.2 Å². The highest BCUT2D eigenvalue weighted by atomic mass is 16.3. The fraction of sp³-hybridized carbons (Fsp3) is 0.267. The van der Waals surface area contributed by atoms with Gasteiger partial charge in [-0.2, -0.15) is 5.10 Å². The Bertz CT molecular complexity index is 746. The lowest BCUT2D eigenvalue weighted by atomic mass is 10.1. The van der Waals surface area contributed by atoms with Crippen molar-refractivity contribution in [2.75, 3.05) is 6.54 Å². The Morgan fingerprint density at radius 1 is 1.43 bits per heavy atom. The smallest absolute Gasteiger partial charge is 0.272 e. The molecule has 1 amide bonds. The maximum atomic E-state index is 12.2. The van der Waals surface area contributed by atoms with E-state index in [2.05, 4.69) is 15.4 Å². The predicted octanol–water partition coefficient (Wildman–Crippen LogP) is 1.78. The zero-order valence-electron chi connectivity index (χ0n) is 11.9. The van der Waals surface area contributed by atoms with Crippen molar-refractivity contribution in [1.29, 1.82) is 0 Å². The van der Waals surface area contributed by atoms with Gasteiger partial charge >= 0.3 is 0 Å². The number of hydrogen-bond acceptors (Lipinski definition) is 4. The van der Waals surface area contributed by atoms with Crippen LogP contribution in [0.4, 0.5) is 5.69 Å². The fourth-order valence-electron chi connectivity index (χ4n) is 2.43. The van der Waals surface area contributed by atoms with Gasteiger partial charge in [-0.3, -0.25) is 9.48 Å². The molecule has 2 N–H and O–H groups in total. The summed E-state index contributed by atoms with van der Waals surface area (Å²) >= 11 is 0. The lowest BCUT2D eigenvalue weighted by molar-refractivity contribution is 0.0950. The maximum Gasteiger partial charge on any atom is 0.272 e. The summed E-state index contributed by atoms with van der Waals surface area (Å²) in [5.74, 6) is -0.00155. The first-order valence-corrected chi connectivity index (χ1v) is 6.82. The summed E-state index contributed by atoms with van der Waals surface area (Å²) in [5.41, 5.74) is 3.31. The Morgan fingerprint density at radius 3 is 2.95 bits per heavy atom. The first-order valence-electron chi connectivity index (χ1n) is 6.82. The predicted molar refractivity (Wildman–Crippen MR) is 79.3 cm³/mol. The Hall–Kier alpha value is -2.63. The van der Waals surface area contributed by atoms with Crippen LogP contribution in [0.1, 0.15) is 28.7 Å². The number of aromatic hydroxyl groups is 1. The van der Waals surface area contributed by atoms with Gasteiger partial charge in [-0.1, -0.05) is 12.1 Å². The molecule has 1 aliphatic rings. The molecule has 0 fully saturated rings. The van der Waals surface area contributed by atoms with Crippen LogP contribution in [0.15, 0.2) is 29.3 Å². The molecule has 3 rings (SSSR count). The topological polar surface area (TPSA) is 79.5 Å². The number of aromatic nitrogens is 2. The fourth-order valence-corrected chi connectivity index (χ4v) is 2.43. The highest BCUT2D eigenvalue weighted by molar-refractivity contribution is 6.10. The number of aliphatic imine (C=N–C) groups is 1. The van der Waals surface area contributed by atoms with Crippen molar-refractivity contribution in [3.05, 3.63) is 41.2 Å². The molecule has 0 saturated carbocycles. The normalized spacial score (nSPS) is 14.2. The first kappa shape index (κ1) is 13.4. The second-order valence-corrected chi connectivity index (χ2v) is 4.89. The molecule has 1 aromatic carbocycles. The molecule has 1 aliphatic heterocycles. The zero-order valence-corrected chi connectivity index (χ0v) is 11.9. The van der Waals surface area contributed by atoms with Crippen LogP contribution in [0.3, 0.4) is 0 Å². The number of rotatable bonds is 2. The number of nitrogens with one attached hydrogen (secondary N) is 1. The van der Waals surface area contributed by atoms with Gasteiger partial charge in [0, 0.05) is 12.1 Å². The molecule has 0 radical (unpaired) electrons. The summed E-state index contributed by atoms with van der Waals surface area (Å²) in [7, 11) is 0. The Kier molecular flexibility index (Phi) is 3.21. The van der Waals surface area contributed by atoms with Crippen LogP contribution in [0.2, 0.25) is 0 Å². The molecule has 1 aromatic heterocycles. The van der Waals surface area contributed by atoms with E-state index < -0.39 is 0 Å². The van der Waals surface area contributed by atoms with Crippen LogP contribution >= 0.6 is 0 Å². The van der Waals surface area contributed by atoms with Crippen LogP contribution < -0.4 is 5.32 Å². The van der Waals surface area contributed by atoms with E-state index in [1.54, 1.807) is 22.9 Å². The van der Waals surface area contributed by atoms with Crippen LogP contribution in [0.5, 0.6) is 5.75 Å². The van der Waals surface area contributed by atoms with E-state index >= 15 is 0 Å². The van der Waals surface area contributed by atoms with E-state index in [9.17, 15) is 9.90 Å². The summed E-state index contributed by atoms with van der Waals surface area (Å²) in [4.78, 5) is 16.9. The molecular weight excluding hydrogens is 268 g/mol. The van der Waals surface area contributed by atoms with E-state index in [-0.39, 0.29) is 11.7 Å². The van der Waals surface area contributed by atoms with Crippen LogP contribution in [0, 0.1) is 6.92 Å². The minimum atomic E-state index is -0.175. The molecule has 0 atom stereocenters. The largest absolute Gasteiger partial charge is 0.508 e. The molecule has 6 nitrogen and oxygen atoms in total. The number of phenolic OH excluding ortho intramolecular Hbond substituents is 1. The maximum absolute atomic E-state index is 12.2. The first-order chi connectivity index (χ1) is 10.1. The Morgan fingerprint density at radius 2 is 2.24 bits per heavy atom. The highest BCUT2D eigenvalue weighted by Crippen LogP contribution is 2.27. The molecule has 0 aliphatic carbocycles. The van der Waals surface area contributed by atoms with Crippen LogP contribution in [-0.2, 0) is 6.54 Å². The van der Waals surface area contributed by atoms with Crippen molar-refractivity contribution < 1.29 is 9.90 Å². The third-order valence-corrected chi connectivity index (χ3v) is 3.45. The average molecular weight is 284 g/mol. The minimum absolute atomic E-state index is 0.173. The highest BCUT2D eigenvalue weighted by Gasteiger charge is 2.24. The van der Waals surface area contributed by atoms with Crippen molar-refractivity contribution in [3.8, 4) is 5.75 Å². The molecule has 2 heterocycles. The van der Waals surface area contributed by atoms with Crippen molar-refractivity contribution >= 4 is 17.3 Å². The third kappa shape index (κ3) is 2.29. The zero-order chi connectivity index (χ0) is 15.0. The monoisotopic (exact) mass is 284 g/mol. The number of phenols is 1. The van der Waals surface area contributed by atoms with Gasteiger partial charge < -0.3 is 10.4 Å². The molecule has 0 saturated heterocycles. The third-order valence-electron chi connectivity index (χ3n) is 3.45. The number of benzene rings is 1. The van der Waals surface area contributed by atoms with E-state index in [1.807, 2.05) is 19.9 Å². The van der Waals surface area contributed by atoms with Gasteiger partial charge in [0.2, 0.25) is 0 Å².